The molecule has 1 amide bonds. The summed E-state index contributed by atoms with van der Waals surface area (Å²) < 4.78 is 11.2. The molecule has 0 aliphatic carbocycles. The minimum absolute atomic E-state index is 0.0676. The number of amides is 1. The normalized spacial score (nSPS) is 23.7. The van der Waals surface area contributed by atoms with Crippen molar-refractivity contribution in [3.05, 3.63) is 16.1 Å². The predicted octanol–water partition coefficient (Wildman–Crippen LogP) is 2.00. The number of hydrogen-bond donors (Lipinski definition) is 0. The van der Waals surface area contributed by atoms with Crippen molar-refractivity contribution in [2.75, 3.05) is 19.8 Å². The molecule has 2 saturated heterocycles. The molecule has 1 atom stereocenters. The first-order chi connectivity index (χ1) is 10.3. The van der Waals surface area contributed by atoms with E-state index in [9.17, 15) is 4.79 Å². The second kappa shape index (κ2) is 6.85. The lowest BCUT2D eigenvalue weighted by Gasteiger charge is -2.38. The molecule has 1 aromatic heterocycles. The number of thiazole rings is 1. The number of rotatable bonds is 4. The van der Waals surface area contributed by atoms with Crippen LogP contribution in [0, 0.1) is 0 Å². The van der Waals surface area contributed by atoms with Gasteiger partial charge in [-0.3, -0.25) is 4.79 Å². The van der Waals surface area contributed by atoms with Gasteiger partial charge in [-0.25, -0.2) is 4.98 Å². The second-order valence-electron chi connectivity index (χ2n) is 5.52. The summed E-state index contributed by atoms with van der Waals surface area (Å²) in [5.41, 5.74) is 0.888. The van der Waals surface area contributed by atoms with Gasteiger partial charge in [-0.1, -0.05) is 6.92 Å². The fourth-order valence-corrected chi connectivity index (χ4v) is 3.74. The van der Waals surface area contributed by atoms with Crippen LogP contribution in [0.1, 0.15) is 36.9 Å². The van der Waals surface area contributed by atoms with E-state index in [1.165, 1.54) is 0 Å². The molecule has 0 spiro atoms. The lowest BCUT2D eigenvalue weighted by Crippen LogP contribution is -2.50. The molecule has 0 bridgehead atoms. The van der Waals surface area contributed by atoms with Gasteiger partial charge in [-0.2, -0.15) is 0 Å². The maximum atomic E-state index is 12.6. The Morgan fingerprint density at radius 2 is 2.24 bits per heavy atom. The average Bonchev–Trinajstić information content (AvgIpc) is 3.18. The van der Waals surface area contributed by atoms with E-state index in [0.29, 0.717) is 19.6 Å². The van der Waals surface area contributed by atoms with E-state index >= 15 is 0 Å². The molecule has 6 heteroatoms. The van der Waals surface area contributed by atoms with Crippen LogP contribution in [-0.2, 0) is 27.1 Å². The van der Waals surface area contributed by atoms with E-state index in [1.807, 2.05) is 10.3 Å². The standard InChI is InChI=1S/C15H22N2O3S/c1-2-13-16-11(10-21-13)9-14(18)17-6-4-3-5-12(17)15-19-7-8-20-15/h10,12,15H,2-9H2,1H3. The van der Waals surface area contributed by atoms with Crippen molar-refractivity contribution in [3.8, 4) is 0 Å². The fourth-order valence-electron chi connectivity index (χ4n) is 3.00. The van der Waals surface area contributed by atoms with Crippen molar-refractivity contribution in [2.24, 2.45) is 0 Å². The Bertz CT molecular complexity index is 485. The van der Waals surface area contributed by atoms with E-state index in [0.717, 1.165) is 42.9 Å². The highest BCUT2D eigenvalue weighted by molar-refractivity contribution is 7.09. The molecule has 2 fully saturated rings. The SMILES string of the molecule is CCc1nc(CC(=O)N2CCCCC2C2OCCO2)cs1. The average molecular weight is 310 g/mol. The molecule has 3 rings (SSSR count). The number of carbonyl (C=O) groups excluding carboxylic acids is 1. The zero-order valence-corrected chi connectivity index (χ0v) is 13.2. The van der Waals surface area contributed by atoms with Gasteiger partial charge in [0.15, 0.2) is 6.29 Å². The van der Waals surface area contributed by atoms with Crippen LogP contribution in [0.15, 0.2) is 5.38 Å². The van der Waals surface area contributed by atoms with Crippen LogP contribution >= 0.6 is 11.3 Å². The van der Waals surface area contributed by atoms with E-state index in [-0.39, 0.29) is 18.2 Å². The highest BCUT2D eigenvalue weighted by atomic mass is 32.1. The zero-order valence-electron chi connectivity index (χ0n) is 12.4. The number of piperidine rings is 1. The van der Waals surface area contributed by atoms with Crippen molar-refractivity contribution in [2.45, 2.75) is 51.4 Å². The first-order valence-electron chi connectivity index (χ1n) is 7.74. The maximum absolute atomic E-state index is 12.6. The molecule has 2 aliphatic heterocycles. The predicted molar refractivity (Wildman–Crippen MR) is 80.2 cm³/mol. The Morgan fingerprint density at radius 3 is 2.95 bits per heavy atom. The third-order valence-corrected chi connectivity index (χ3v) is 5.11. The summed E-state index contributed by atoms with van der Waals surface area (Å²) in [6.07, 6.45) is 4.24. The minimum atomic E-state index is -0.240. The Labute approximate surface area is 129 Å². The number of nitrogens with zero attached hydrogens (tertiary/aromatic N) is 2. The van der Waals surface area contributed by atoms with Crippen LogP contribution in [0.5, 0.6) is 0 Å². The summed E-state index contributed by atoms with van der Waals surface area (Å²) in [5, 5.41) is 3.09. The zero-order chi connectivity index (χ0) is 14.7. The van der Waals surface area contributed by atoms with E-state index < -0.39 is 0 Å². The van der Waals surface area contributed by atoms with Gasteiger partial charge in [0.2, 0.25) is 5.91 Å². The Kier molecular flexibility index (Phi) is 4.87. The Balaban J connectivity index is 1.65. The highest BCUT2D eigenvalue weighted by Gasteiger charge is 2.36. The molecular formula is C15H22N2O3S. The van der Waals surface area contributed by atoms with Crippen LogP contribution in [-0.4, -0.2) is 47.9 Å². The minimum Gasteiger partial charge on any atom is -0.348 e. The van der Waals surface area contributed by atoms with Crippen LogP contribution in [0.3, 0.4) is 0 Å². The molecule has 0 radical (unpaired) electrons. The summed E-state index contributed by atoms with van der Waals surface area (Å²) >= 11 is 1.63. The number of aromatic nitrogens is 1. The molecule has 3 heterocycles. The lowest BCUT2D eigenvalue weighted by molar-refractivity contribution is -0.150. The molecule has 1 aromatic rings. The van der Waals surface area contributed by atoms with E-state index in [1.54, 1.807) is 11.3 Å². The fraction of sp³-hybridized carbons (Fsp3) is 0.733. The van der Waals surface area contributed by atoms with Gasteiger partial charge < -0.3 is 14.4 Å². The molecule has 0 N–H and O–H groups in total. The molecule has 2 aliphatic rings. The van der Waals surface area contributed by atoms with Crippen molar-refractivity contribution < 1.29 is 14.3 Å². The quantitative estimate of drug-likeness (QED) is 0.853. The topological polar surface area (TPSA) is 51.7 Å². The summed E-state index contributed by atoms with van der Waals surface area (Å²) in [6, 6.07) is 0.0676. The molecule has 0 aromatic carbocycles. The van der Waals surface area contributed by atoms with Gasteiger partial charge in [0.05, 0.1) is 36.4 Å². The Morgan fingerprint density at radius 1 is 1.43 bits per heavy atom. The van der Waals surface area contributed by atoms with Gasteiger partial charge in [0.1, 0.15) is 0 Å². The van der Waals surface area contributed by atoms with Gasteiger partial charge in [-0.05, 0) is 25.7 Å². The first-order valence-corrected chi connectivity index (χ1v) is 8.62. The number of ether oxygens (including phenoxy) is 2. The molecule has 0 saturated carbocycles. The lowest BCUT2D eigenvalue weighted by atomic mass is 10.0. The second-order valence-corrected chi connectivity index (χ2v) is 6.47. The van der Waals surface area contributed by atoms with E-state index in [2.05, 4.69) is 11.9 Å². The number of likely N-dealkylation sites (tertiary alicyclic amines) is 1. The number of carbonyl (C=O) groups is 1. The van der Waals surface area contributed by atoms with Crippen molar-refractivity contribution in [1.29, 1.82) is 0 Å². The molecule has 1 unspecified atom stereocenters. The van der Waals surface area contributed by atoms with Crippen molar-refractivity contribution >= 4 is 17.2 Å². The van der Waals surface area contributed by atoms with Gasteiger partial charge in [0, 0.05) is 11.9 Å². The van der Waals surface area contributed by atoms with Crippen LogP contribution < -0.4 is 0 Å². The monoisotopic (exact) mass is 310 g/mol. The third-order valence-electron chi connectivity index (χ3n) is 4.07. The summed E-state index contributed by atoms with van der Waals surface area (Å²) in [6.45, 7) is 4.15. The summed E-state index contributed by atoms with van der Waals surface area (Å²) in [5.74, 6) is 0.145. The summed E-state index contributed by atoms with van der Waals surface area (Å²) in [7, 11) is 0. The molecule has 116 valence electrons. The van der Waals surface area contributed by atoms with Crippen LogP contribution in [0.2, 0.25) is 0 Å². The maximum Gasteiger partial charge on any atom is 0.229 e. The van der Waals surface area contributed by atoms with Crippen molar-refractivity contribution in [3.63, 3.8) is 0 Å². The number of aryl methyl sites for hydroxylation is 1. The highest BCUT2D eigenvalue weighted by Crippen LogP contribution is 2.25. The first kappa shape index (κ1) is 14.9. The largest absolute Gasteiger partial charge is 0.348 e. The van der Waals surface area contributed by atoms with Gasteiger partial charge in [0.25, 0.3) is 0 Å². The van der Waals surface area contributed by atoms with Gasteiger partial charge >= 0.3 is 0 Å². The third kappa shape index (κ3) is 3.44. The summed E-state index contributed by atoms with van der Waals surface area (Å²) in [4.78, 5) is 19.1. The van der Waals surface area contributed by atoms with Crippen LogP contribution in [0.25, 0.3) is 0 Å². The van der Waals surface area contributed by atoms with E-state index in [4.69, 9.17) is 9.47 Å². The van der Waals surface area contributed by atoms with Crippen LogP contribution in [0.4, 0.5) is 0 Å². The Hall–Kier alpha value is -0.980. The van der Waals surface area contributed by atoms with Gasteiger partial charge in [-0.15, -0.1) is 11.3 Å². The van der Waals surface area contributed by atoms with Crippen molar-refractivity contribution in [1.82, 2.24) is 9.88 Å². The molecule has 21 heavy (non-hydrogen) atoms. The molecular weight excluding hydrogens is 288 g/mol. The molecule has 5 nitrogen and oxygen atoms in total. The smallest absolute Gasteiger partial charge is 0.229 e. The number of hydrogen-bond acceptors (Lipinski definition) is 5.